The number of aryl methyl sites for hydroxylation is 3. The van der Waals surface area contributed by atoms with Gasteiger partial charge in [0.1, 0.15) is 5.82 Å². The maximum absolute atomic E-state index is 14.1. The molecule has 46 heavy (non-hydrogen) atoms. The lowest BCUT2D eigenvalue weighted by molar-refractivity contribution is 0.0569. The molecule has 0 unspecified atom stereocenters. The minimum Gasteiger partial charge on any atom is -0.340 e. The fourth-order valence-corrected chi connectivity index (χ4v) is 6.61. The van der Waals surface area contributed by atoms with Crippen LogP contribution in [-0.4, -0.2) is 64.5 Å². The van der Waals surface area contributed by atoms with Gasteiger partial charge in [0.15, 0.2) is 11.2 Å². The average Bonchev–Trinajstić information content (AvgIpc) is 3.55. The summed E-state index contributed by atoms with van der Waals surface area (Å²) in [4.78, 5) is 71.9. The first-order chi connectivity index (χ1) is 22.2. The van der Waals surface area contributed by atoms with Gasteiger partial charge in [-0.1, -0.05) is 35.7 Å². The van der Waals surface area contributed by atoms with Crippen molar-refractivity contribution in [1.29, 1.82) is 0 Å². The largest absolute Gasteiger partial charge is 0.340 e. The van der Waals surface area contributed by atoms with E-state index in [1.807, 2.05) is 49.1 Å². The van der Waals surface area contributed by atoms with E-state index in [9.17, 15) is 19.2 Å². The van der Waals surface area contributed by atoms with E-state index < -0.39 is 11.2 Å². The Morgan fingerprint density at radius 1 is 0.935 bits per heavy atom. The monoisotopic (exact) mass is 616 g/mol. The number of carbonyl (C=O) groups excluding carboxylic acids is 2. The number of anilines is 1. The van der Waals surface area contributed by atoms with Crippen molar-refractivity contribution >= 4 is 39.8 Å². The molecule has 5 aromatic rings. The third-order valence-corrected chi connectivity index (χ3v) is 8.88. The van der Waals surface area contributed by atoms with Crippen LogP contribution in [0.5, 0.6) is 0 Å². The molecule has 0 spiro atoms. The van der Waals surface area contributed by atoms with Gasteiger partial charge in [0.05, 0.1) is 35.8 Å². The molecule has 12 heteroatoms. The van der Waals surface area contributed by atoms with E-state index in [0.717, 1.165) is 26.7 Å². The highest BCUT2D eigenvalue weighted by molar-refractivity contribution is 6.21. The van der Waals surface area contributed by atoms with Gasteiger partial charge in [-0.05, 0) is 51.8 Å². The van der Waals surface area contributed by atoms with E-state index in [2.05, 4.69) is 21.8 Å². The Morgan fingerprint density at radius 3 is 2.52 bits per heavy atom. The van der Waals surface area contributed by atoms with E-state index >= 15 is 0 Å². The Balaban J connectivity index is 1.29. The molecule has 3 aromatic heterocycles. The minimum absolute atomic E-state index is 0.113. The number of fused-ring (bicyclic) bond motifs is 3. The normalized spacial score (nSPS) is 16.3. The lowest BCUT2D eigenvalue weighted by Gasteiger charge is -2.37. The maximum atomic E-state index is 14.1. The summed E-state index contributed by atoms with van der Waals surface area (Å²) in [7, 11) is 1.58. The van der Waals surface area contributed by atoms with Gasteiger partial charge in [0, 0.05) is 31.2 Å². The topological polar surface area (TPSA) is 128 Å². The summed E-state index contributed by atoms with van der Waals surface area (Å²) in [6, 6.07) is 12.5. The Kier molecular flexibility index (Phi) is 7.04. The van der Waals surface area contributed by atoms with Crippen LogP contribution in [0.1, 0.15) is 57.6 Å². The number of imide groups is 1. The number of amides is 2. The SMILES string of the molecule is CC#CCn1c(N2CCC[C@H](N3C(=O)c4ccc(C)cc4C3=O)C2)nc2c1c(=O)n(Cc1nc(C)c3ccccc3n1)c(=O)n2C. The Bertz CT molecular complexity index is 2290. The quantitative estimate of drug-likeness (QED) is 0.218. The van der Waals surface area contributed by atoms with Crippen LogP contribution in [0.15, 0.2) is 52.1 Å². The van der Waals surface area contributed by atoms with Gasteiger partial charge in [0.25, 0.3) is 17.4 Å². The maximum Gasteiger partial charge on any atom is 0.332 e. The summed E-state index contributed by atoms with van der Waals surface area (Å²) in [5.74, 6) is 6.15. The molecular formula is C34H32N8O4. The summed E-state index contributed by atoms with van der Waals surface area (Å²) in [5.41, 5.74) is 2.64. The fraction of sp³-hybridized carbons (Fsp3) is 0.324. The third kappa shape index (κ3) is 4.58. The molecule has 1 saturated heterocycles. The highest BCUT2D eigenvalue weighted by Crippen LogP contribution is 2.31. The van der Waals surface area contributed by atoms with Crippen molar-refractivity contribution in [2.75, 3.05) is 18.0 Å². The number of carbonyl (C=O) groups is 2. The van der Waals surface area contributed by atoms with E-state index in [-0.39, 0.29) is 42.1 Å². The lowest BCUT2D eigenvalue weighted by Crippen LogP contribution is -2.50. The molecule has 12 nitrogen and oxygen atoms in total. The number of hydrogen-bond donors (Lipinski definition) is 0. The molecule has 0 bridgehead atoms. The number of para-hydroxylation sites is 1. The average molecular weight is 617 g/mol. The molecule has 1 atom stereocenters. The van der Waals surface area contributed by atoms with Gasteiger partial charge < -0.3 is 4.90 Å². The first-order valence-corrected chi connectivity index (χ1v) is 15.2. The Hall–Kier alpha value is -5.57. The number of benzene rings is 2. The van der Waals surface area contributed by atoms with Crippen LogP contribution in [0.2, 0.25) is 0 Å². The van der Waals surface area contributed by atoms with Gasteiger partial charge in [0.2, 0.25) is 5.95 Å². The van der Waals surface area contributed by atoms with Crippen molar-refractivity contribution in [2.24, 2.45) is 7.05 Å². The zero-order valence-corrected chi connectivity index (χ0v) is 26.1. The number of hydrogen-bond acceptors (Lipinski definition) is 8. The fourth-order valence-electron chi connectivity index (χ4n) is 6.61. The van der Waals surface area contributed by atoms with Crippen molar-refractivity contribution in [3.05, 3.63) is 91.5 Å². The van der Waals surface area contributed by atoms with Crippen LogP contribution < -0.4 is 16.1 Å². The molecule has 232 valence electrons. The van der Waals surface area contributed by atoms with Crippen molar-refractivity contribution in [1.82, 2.24) is 33.6 Å². The number of aromatic nitrogens is 6. The zero-order chi connectivity index (χ0) is 32.3. The summed E-state index contributed by atoms with van der Waals surface area (Å²) < 4.78 is 4.22. The first kappa shape index (κ1) is 29.2. The van der Waals surface area contributed by atoms with Gasteiger partial charge >= 0.3 is 5.69 Å². The second kappa shape index (κ2) is 11.1. The summed E-state index contributed by atoms with van der Waals surface area (Å²) >= 11 is 0. The van der Waals surface area contributed by atoms with Crippen LogP contribution in [0.3, 0.4) is 0 Å². The molecule has 0 saturated carbocycles. The van der Waals surface area contributed by atoms with Crippen LogP contribution in [0.4, 0.5) is 5.95 Å². The molecule has 0 aliphatic carbocycles. The molecule has 2 aliphatic rings. The summed E-state index contributed by atoms with van der Waals surface area (Å²) in [6.07, 6.45) is 1.34. The standard InChI is InChI=1S/C34H32N8O4/c1-5-6-16-40-28-29(38(4)34(46)41(32(28)45)19-27-35-21(3)23-11-7-8-12-26(23)36-27)37-33(40)39-15-9-10-22(18-39)42-30(43)24-14-13-20(2)17-25(24)31(42)44/h7-8,11-14,17,22H,9-10,15-16,18-19H2,1-4H3/t22-/m0/s1. The first-order valence-electron chi connectivity index (χ1n) is 15.2. The molecule has 1 fully saturated rings. The highest BCUT2D eigenvalue weighted by Gasteiger charge is 2.42. The number of nitrogens with zero attached hydrogens (tertiary/aromatic N) is 8. The molecule has 0 radical (unpaired) electrons. The Labute approximate surface area is 263 Å². The smallest absolute Gasteiger partial charge is 0.332 e. The van der Waals surface area contributed by atoms with Gasteiger partial charge in [-0.3, -0.25) is 33.0 Å². The predicted molar refractivity (Wildman–Crippen MR) is 173 cm³/mol. The van der Waals surface area contributed by atoms with Gasteiger partial charge in [-0.25, -0.2) is 14.8 Å². The van der Waals surface area contributed by atoms with Crippen molar-refractivity contribution in [2.45, 2.75) is 52.7 Å². The van der Waals surface area contributed by atoms with Crippen molar-refractivity contribution in [3.63, 3.8) is 0 Å². The molecule has 2 amide bonds. The van der Waals surface area contributed by atoms with E-state index in [1.165, 1.54) is 9.47 Å². The number of rotatable bonds is 5. The third-order valence-electron chi connectivity index (χ3n) is 8.88. The van der Waals surface area contributed by atoms with E-state index in [0.29, 0.717) is 48.8 Å². The minimum atomic E-state index is -0.539. The van der Waals surface area contributed by atoms with Gasteiger partial charge in [-0.15, -0.1) is 5.92 Å². The highest BCUT2D eigenvalue weighted by atomic mass is 16.2. The molecule has 0 N–H and O–H groups in total. The van der Waals surface area contributed by atoms with Crippen LogP contribution in [-0.2, 0) is 20.1 Å². The van der Waals surface area contributed by atoms with Gasteiger partial charge in [-0.2, -0.15) is 4.98 Å². The predicted octanol–water partition coefficient (Wildman–Crippen LogP) is 2.79. The van der Waals surface area contributed by atoms with Crippen molar-refractivity contribution in [3.8, 4) is 11.8 Å². The molecule has 7 rings (SSSR count). The van der Waals surface area contributed by atoms with Crippen LogP contribution >= 0.6 is 0 Å². The molecule has 2 aromatic carbocycles. The molecule has 2 aliphatic heterocycles. The number of imidazole rings is 1. The summed E-state index contributed by atoms with van der Waals surface area (Å²) in [5, 5.41) is 0.902. The van der Waals surface area contributed by atoms with Crippen LogP contribution in [0.25, 0.3) is 22.1 Å². The molecular weight excluding hydrogens is 584 g/mol. The second-order valence-electron chi connectivity index (χ2n) is 11.8. The van der Waals surface area contributed by atoms with Crippen molar-refractivity contribution < 1.29 is 9.59 Å². The van der Waals surface area contributed by atoms with Crippen LogP contribution in [0, 0.1) is 25.7 Å². The number of piperidine rings is 1. The lowest BCUT2D eigenvalue weighted by atomic mass is 10.0. The van der Waals surface area contributed by atoms with E-state index in [1.54, 1.807) is 30.7 Å². The summed E-state index contributed by atoms with van der Waals surface area (Å²) in [6.45, 7) is 6.45. The van der Waals surface area contributed by atoms with E-state index in [4.69, 9.17) is 4.98 Å². The molecule has 5 heterocycles. The Morgan fingerprint density at radius 2 is 1.72 bits per heavy atom. The second-order valence-corrected chi connectivity index (χ2v) is 11.8. The zero-order valence-electron chi connectivity index (χ0n) is 26.1.